The first-order valence-electron chi connectivity index (χ1n) is 7.93. The number of imide groups is 1. The van der Waals surface area contributed by atoms with E-state index in [0.29, 0.717) is 24.5 Å². The van der Waals surface area contributed by atoms with E-state index in [-0.39, 0.29) is 23.0 Å². The van der Waals surface area contributed by atoms with Gasteiger partial charge in [0.25, 0.3) is 17.4 Å². The molecule has 132 valence electrons. The van der Waals surface area contributed by atoms with Gasteiger partial charge in [-0.1, -0.05) is 0 Å². The van der Waals surface area contributed by atoms with E-state index < -0.39 is 17.4 Å². The molecule has 3 N–H and O–H groups in total. The number of hydrogen-bond acceptors (Lipinski definition) is 5. The van der Waals surface area contributed by atoms with E-state index in [2.05, 4.69) is 5.32 Å². The van der Waals surface area contributed by atoms with E-state index in [1.807, 2.05) is 0 Å². The Bertz CT molecular complexity index is 1020. The molecule has 1 aromatic heterocycles. The van der Waals surface area contributed by atoms with Crippen LogP contribution < -0.4 is 21.5 Å². The zero-order valence-corrected chi connectivity index (χ0v) is 13.9. The molecule has 26 heavy (non-hydrogen) atoms. The molecule has 2 aliphatic heterocycles. The summed E-state index contributed by atoms with van der Waals surface area (Å²) < 4.78 is 1.17. The van der Waals surface area contributed by atoms with Crippen molar-refractivity contribution in [2.75, 3.05) is 30.8 Å². The molecule has 0 aliphatic carbocycles. The Morgan fingerprint density at radius 1 is 0.962 bits per heavy atom. The van der Waals surface area contributed by atoms with Crippen molar-refractivity contribution in [1.82, 2.24) is 14.8 Å². The van der Waals surface area contributed by atoms with Crippen LogP contribution in [-0.4, -0.2) is 47.4 Å². The molecule has 0 atom stereocenters. The van der Waals surface area contributed by atoms with Gasteiger partial charge in [-0.05, 0) is 24.3 Å². The van der Waals surface area contributed by atoms with Crippen LogP contribution in [0.5, 0.6) is 0 Å². The minimum Gasteiger partial charge on any atom is -0.384 e. The highest BCUT2D eigenvalue weighted by molar-refractivity contribution is 6.23. The number of pyridine rings is 1. The Kier molecular flexibility index (Phi) is 3.33. The number of nitrogens with zero attached hydrogens (tertiary/aromatic N) is 3. The quantitative estimate of drug-likeness (QED) is 0.747. The molecule has 0 bridgehead atoms. The predicted molar refractivity (Wildman–Crippen MR) is 93.6 cm³/mol. The summed E-state index contributed by atoms with van der Waals surface area (Å²) in [7, 11) is 1.73. The van der Waals surface area contributed by atoms with Crippen LogP contribution in [0.15, 0.2) is 35.1 Å². The summed E-state index contributed by atoms with van der Waals surface area (Å²) in [4.78, 5) is 51.3. The first-order chi connectivity index (χ1) is 12.4. The summed E-state index contributed by atoms with van der Waals surface area (Å²) in [5.41, 5.74) is 6.59. The normalized spacial score (nSPS) is 16.3. The van der Waals surface area contributed by atoms with Crippen molar-refractivity contribution < 1.29 is 14.4 Å². The maximum atomic E-state index is 12.4. The maximum Gasteiger partial charge on any atom is 0.324 e. The van der Waals surface area contributed by atoms with Gasteiger partial charge in [-0.3, -0.25) is 29.2 Å². The first kappa shape index (κ1) is 15.9. The number of nitrogens with one attached hydrogen (secondary N) is 1. The number of carbonyl (C=O) groups excluding carboxylic acids is 3. The Hall–Kier alpha value is -3.62. The molecule has 3 heterocycles. The molecule has 1 fully saturated rings. The summed E-state index contributed by atoms with van der Waals surface area (Å²) >= 11 is 0. The molecule has 9 heteroatoms. The van der Waals surface area contributed by atoms with E-state index in [1.54, 1.807) is 41.1 Å². The van der Waals surface area contributed by atoms with E-state index in [1.165, 1.54) is 4.57 Å². The number of amides is 4. The fraction of sp³-hybridized carbons (Fsp3) is 0.176. The van der Waals surface area contributed by atoms with Crippen LogP contribution >= 0.6 is 0 Å². The Morgan fingerprint density at radius 2 is 1.62 bits per heavy atom. The minimum absolute atomic E-state index is 0.00461. The number of benzene rings is 1. The van der Waals surface area contributed by atoms with Crippen molar-refractivity contribution >= 4 is 29.4 Å². The summed E-state index contributed by atoms with van der Waals surface area (Å²) in [6.07, 6.45) is 0. The van der Waals surface area contributed by atoms with Gasteiger partial charge >= 0.3 is 6.03 Å². The highest BCUT2D eigenvalue weighted by atomic mass is 16.2. The van der Waals surface area contributed by atoms with Crippen LogP contribution in [0.3, 0.4) is 0 Å². The molecule has 0 saturated carbocycles. The van der Waals surface area contributed by atoms with E-state index in [4.69, 9.17) is 5.73 Å². The number of hydrogen-bond donors (Lipinski definition) is 2. The zero-order chi connectivity index (χ0) is 18.6. The molecular formula is C17H15N5O4. The van der Waals surface area contributed by atoms with Crippen LogP contribution in [0.25, 0.3) is 5.69 Å². The van der Waals surface area contributed by atoms with Crippen LogP contribution in [-0.2, 0) is 0 Å². The number of likely N-dealkylation sites (N-methyl/N-ethyl adjacent to an activating group) is 1. The number of fused-ring (bicyclic) bond motifs is 1. The standard InChI is InChI=1S/C17H15N5O4/c1-20-6-7-21(17(20)26)9-2-4-10(5-3-9)22-12(23)8-11-13(14(22)18)16(25)19-15(11)24/h2-5,8H,6-7,18H2,1H3,(H,19,24,25). The van der Waals surface area contributed by atoms with Gasteiger partial charge in [-0.2, -0.15) is 0 Å². The van der Waals surface area contributed by atoms with Crippen molar-refractivity contribution in [2.24, 2.45) is 0 Å². The molecule has 0 spiro atoms. The van der Waals surface area contributed by atoms with Gasteiger partial charge in [0.2, 0.25) is 0 Å². The minimum atomic E-state index is -0.632. The fourth-order valence-corrected chi connectivity index (χ4v) is 3.21. The second-order valence-electron chi connectivity index (χ2n) is 6.15. The number of rotatable bonds is 2. The highest BCUT2D eigenvalue weighted by Gasteiger charge is 2.32. The molecule has 2 aromatic rings. The zero-order valence-electron chi connectivity index (χ0n) is 13.9. The maximum absolute atomic E-state index is 12.4. The second-order valence-corrected chi connectivity index (χ2v) is 6.15. The van der Waals surface area contributed by atoms with Crippen LogP contribution in [0.1, 0.15) is 20.7 Å². The lowest BCUT2D eigenvalue weighted by molar-refractivity contribution is 0.0880. The van der Waals surface area contributed by atoms with Crippen molar-refractivity contribution in [3.05, 3.63) is 51.8 Å². The van der Waals surface area contributed by atoms with Gasteiger partial charge < -0.3 is 10.6 Å². The lowest BCUT2D eigenvalue weighted by Gasteiger charge is -2.17. The lowest BCUT2D eigenvalue weighted by atomic mass is 10.1. The van der Waals surface area contributed by atoms with Crippen molar-refractivity contribution in [3.63, 3.8) is 0 Å². The molecule has 1 saturated heterocycles. The number of aromatic nitrogens is 1. The largest absolute Gasteiger partial charge is 0.384 e. The Labute approximate surface area is 147 Å². The van der Waals surface area contributed by atoms with Crippen LogP contribution in [0.2, 0.25) is 0 Å². The average Bonchev–Trinajstić information content (AvgIpc) is 3.08. The summed E-state index contributed by atoms with van der Waals surface area (Å²) in [5.74, 6) is -1.35. The van der Waals surface area contributed by atoms with Gasteiger partial charge in [0.05, 0.1) is 16.8 Å². The third kappa shape index (κ3) is 2.17. The lowest BCUT2D eigenvalue weighted by Crippen LogP contribution is -2.29. The molecule has 1 aromatic carbocycles. The molecule has 4 amide bonds. The number of carbonyl (C=O) groups is 3. The molecule has 9 nitrogen and oxygen atoms in total. The Balaban J connectivity index is 1.77. The summed E-state index contributed by atoms with van der Waals surface area (Å²) in [6, 6.07) is 7.69. The molecule has 2 aliphatic rings. The van der Waals surface area contributed by atoms with Crippen molar-refractivity contribution in [3.8, 4) is 5.69 Å². The molecule has 0 unspecified atom stereocenters. The molecule has 4 rings (SSSR count). The van der Waals surface area contributed by atoms with Crippen LogP contribution in [0.4, 0.5) is 16.3 Å². The molecule has 0 radical (unpaired) electrons. The van der Waals surface area contributed by atoms with Crippen molar-refractivity contribution in [2.45, 2.75) is 0 Å². The van der Waals surface area contributed by atoms with Gasteiger partial charge in [0, 0.05) is 31.9 Å². The van der Waals surface area contributed by atoms with E-state index in [0.717, 1.165) is 6.07 Å². The van der Waals surface area contributed by atoms with Gasteiger partial charge in [-0.15, -0.1) is 0 Å². The number of nitrogen functional groups attached to an aromatic ring is 1. The van der Waals surface area contributed by atoms with Gasteiger partial charge in [0.15, 0.2) is 0 Å². The van der Waals surface area contributed by atoms with Crippen LogP contribution in [0, 0.1) is 0 Å². The Morgan fingerprint density at radius 3 is 2.23 bits per heavy atom. The number of nitrogens with two attached hydrogens (primary N) is 1. The fourth-order valence-electron chi connectivity index (χ4n) is 3.21. The molecular weight excluding hydrogens is 338 g/mol. The van der Waals surface area contributed by atoms with Gasteiger partial charge in [-0.25, -0.2) is 4.79 Å². The number of anilines is 2. The number of urea groups is 1. The summed E-state index contributed by atoms with van der Waals surface area (Å²) in [6.45, 7) is 1.22. The first-order valence-corrected chi connectivity index (χ1v) is 7.93. The average molecular weight is 353 g/mol. The highest BCUT2D eigenvalue weighted by Crippen LogP contribution is 2.25. The predicted octanol–water partition coefficient (Wildman–Crippen LogP) is 0.175. The topological polar surface area (TPSA) is 118 Å². The second kappa shape index (κ2) is 5.45. The third-order valence-electron chi connectivity index (χ3n) is 4.59. The summed E-state index contributed by atoms with van der Waals surface area (Å²) in [5, 5.41) is 2.13. The third-order valence-corrected chi connectivity index (χ3v) is 4.59. The van der Waals surface area contributed by atoms with Crippen molar-refractivity contribution in [1.29, 1.82) is 0 Å². The smallest absolute Gasteiger partial charge is 0.324 e. The van der Waals surface area contributed by atoms with E-state index in [9.17, 15) is 19.2 Å². The monoisotopic (exact) mass is 353 g/mol. The SMILES string of the molecule is CN1CCN(c2ccc(-n3c(N)c4c(cc3=O)C(=O)NC4=O)cc2)C1=O. The van der Waals surface area contributed by atoms with E-state index >= 15 is 0 Å². The van der Waals surface area contributed by atoms with Gasteiger partial charge in [0.1, 0.15) is 5.82 Å².